The normalized spacial score (nSPS) is 10.6. The third-order valence-electron chi connectivity index (χ3n) is 4.23. The van der Waals surface area contributed by atoms with E-state index in [1.54, 1.807) is 60.7 Å². The van der Waals surface area contributed by atoms with Crippen LogP contribution in [-0.2, 0) is 6.61 Å². The summed E-state index contributed by atoms with van der Waals surface area (Å²) in [4.78, 5) is 12.3. The summed E-state index contributed by atoms with van der Waals surface area (Å²) in [6, 6.07) is 18.4. The van der Waals surface area contributed by atoms with E-state index in [1.165, 1.54) is 26.5 Å². The first kappa shape index (κ1) is 20.9. The molecule has 1 N–H and O–H groups in total. The van der Waals surface area contributed by atoms with Crippen molar-refractivity contribution in [3.8, 4) is 17.2 Å². The van der Waals surface area contributed by atoms with Crippen LogP contribution in [0.2, 0.25) is 0 Å². The third kappa shape index (κ3) is 5.57. The van der Waals surface area contributed by atoms with E-state index in [2.05, 4.69) is 10.5 Å². The van der Waals surface area contributed by atoms with Gasteiger partial charge in [-0.3, -0.25) is 4.79 Å². The maximum absolute atomic E-state index is 13.6. The van der Waals surface area contributed by atoms with Crippen molar-refractivity contribution >= 4 is 12.1 Å². The Labute approximate surface area is 173 Å². The SMILES string of the molecule is COc1cc(OC)cc(C(=O)N/N=C/c2ccc(OCc3ccccc3F)cc2)c1. The minimum absolute atomic E-state index is 0.139. The zero-order chi connectivity index (χ0) is 21.3. The number of hydrogen-bond acceptors (Lipinski definition) is 5. The zero-order valence-corrected chi connectivity index (χ0v) is 16.6. The molecule has 0 bridgehead atoms. The molecule has 0 saturated heterocycles. The Morgan fingerprint density at radius 2 is 1.63 bits per heavy atom. The number of halogens is 1. The quantitative estimate of drug-likeness (QED) is 0.448. The topological polar surface area (TPSA) is 69.2 Å². The molecule has 0 saturated carbocycles. The fourth-order valence-corrected chi connectivity index (χ4v) is 2.60. The molecule has 3 aromatic carbocycles. The minimum atomic E-state index is -0.395. The summed E-state index contributed by atoms with van der Waals surface area (Å²) in [5, 5.41) is 3.97. The summed E-state index contributed by atoms with van der Waals surface area (Å²) in [6.07, 6.45) is 1.51. The minimum Gasteiger partial charge on any atom is -0.497 e. The Bertz CT molecular complexity index is 1010. The maximum Gasteiger partial charge on any atom is 0.271 e. The monoisotopic (exact) mass is 408 g/mol. The molecule has 3 aromatic rings. The van der Waals surface area contributed by atoms with E-state index in [9.17, 15) is 9.18 Å². The van der Waals surface area contributed by atoms with E-state index < -0.39 is 5.91 Å². The molecule has 1 amide bonds. The van der Waals surface area contributed by atoms with Gasteiger partial charge in [0.1, 0.15) is 29.7 Å². The number of ether oxygens (including phenoxy) is 3. The third-order valence-corrected chi connectivity index (χ3v) is 4.23. The molecule has 7 heteroatoms. The van der Waals surface area contributed by atoms with Crippen LogP contribution in [0.15, 0.2) is 71.8 Å². The average Bonchev–Trinajstić information content (AvgIpc) is 2.79. The van der Waals surface area contributed by atoms with E-state index >= 15 is 0 Å². The molecule has 0 heterocycles. The smallest absolute Gasteiger partial charge is 0.271 e. The summed E-state index contributed by atoms with van der Waals surface area (Å²) in [6.45, 7) is 0.139. The van der Waals surface area contributed by atoms with Gasteiger partial charge in [-0.15, -0.1) is 0 Å². The number of hydrazone groups is 1. The first-order chi connectivity index (χ1) is 14.6. The van der Waals surface area contributed by atoms with Gasteiger partial charge in [0.2, 0.25) is 0 Å². The number of nitrogens with one attached hydrogen (secondary N) is 1. The highest BCUT2D eigenvalue weighted by Crippen LogP contribution is 2.22. The van der Waals surface area contributed by atoms with E-state index in [0.717, 1.165) is 5.56 Å². The largest absolute Gasteiger partial charge is 0.497 e. The van der Waals surface area contributed by atoms with Crippen molar-refractivity contribution < 1.29 is 23.4 Å². The van der Waals surface area contributed by atoms with Crippen molar-refractivity contribution in [2.75, 3.05) is 14.2 Å². The van der Waals surface area contributed by atoms with Crippen molar-refractivity contribution in [1.29, 1.82) is 0 Å². The first-order valence-corrected chi connectivity index (χ1v) is 9.12. The van der Waals surface area contributed by atoms with Gasteiger partial charge in [0.05, 0.1) is 20.4 Å². The Balaban J connectivity index is 1.56. The first-order valence-electron chi connectivity index (χ1n) is 9.12. The van der Waals surface area contributed by atoms with Gasteiger partial charge in [-0.25, -0.2) is 9.82 Å². The summed E-state index contributed by atoms with van der Waals surface area (Å²) in [5.74, 6) is 0.922. The van der Waals surface area contributed by atoms with Gasteiger partial charge >= 0.3 is 0 Å². The Kier molecular flexibility index (Phi) is 7.00. The van der Waals surface area contributed by atoms with Crippen molar-refractivity contribution in [2.24, 2.45) is 5.10 Å². The Morgan fingerprint density at radius 1 is 0.967 bits per heavy atom. The van der Waals surface area contributed by atoms with E-state index in [1.807, 2.05) is 0 Å². The van der Waals surface area contributed by atoms with Gasteiger partial charge in [-0.05, 0) is 48.0 Å². The van der Waals surface area contributed by atoms with Crippen LogP contribution in [0.3, 0.4) is 0 Å². The fourth-order valence-electron chi connectivity index (χ4n) is 2.60. The highest BCUT2D eigenvalue weighted by atomic mass is 19.1. The Hall–Kier alpha value is -3.87. The van der Waals surface area contributed by atoms with E-state index in [-0.39, 0.29) is 12.4 Å². The van der Waals surface area contributed by atoms with Gasteiger partial charge in [-0.1, -0.05) is 18.2 Å². The predicted octanol–water partition coefficient (Wildman–Crippen LogP) is 4.19. The lowest BCUT2D eigenvalue weighted by atomic mass is 10.2. The second-order valence-corrected chi connectivity index (χ2v) is 6.25. The molecular weight excluding hydrogens is 387 g/mol. The lowest BCUT2D eigenvalue weighted by molar-refractivity contribution is 0.0954. The Morgan fingerprint density at radius 3 is 2.27 bits per heavy atom. The molecule has 0 fully saturated rings. The molecule has 0 aliphatic rings. The molecule has 0 aliphatic carbocycles. The van der Waals surface area contributed by atoms with Crippen LogP contribution in [0, 0.1) is 5.82 Å². The highest BCUT2D eigenvalue weighted by Gasteiger charge is 2.09. The number of benzene rings is 3. The summed E-state index contributed by atoms with van der Waals surface area (Å²) < 4.78 is 29.5. The number of amides is 1. The van der Waals surface area contributed by atoms with Crippen LogP contribution >= 0.6 is 0 Å². The average molecular weight is 408 g/mol. The number of carbonyl (C=O) groups is 1. The standard InChI is InChI=1S/C23H21FN2O4/c1-28-20-11-18(12-21(13-20)29-2)23(27)26-25-14-16-7-9-19(10-8-16)30-15-17-5-3-4-6-22(17)24/h3-14H,15H2,1-2H3,(H,26,27)/b25-14+. The molecule has 154 valence electrons. The number of nitrogens with zero attached hydrogens (tertiary/aromatic N) is 1. The van der Waals surface area contributed by atoms with Crippen molar-refractivity contribution in [1.82, 2.24) is 5.43 Å². The molecular formula is C23H21FN2O4. The molecule has 0 unspecified atom stereocenters. The van der Waals surface area contributed by atoms with Gasteiger partial charge in [0.15, 0.2) is 0 Å². The van der Waals surface area contributed by atoms with Crippen molar-refractivity contribution in [3.05, 3.63) is 89.2 Å². The maximum atomic E-state index is 13.6. The zero-order valence-electron chi connectivity index (χ0n) is 16.6. The van der Waals surface area contributed by atoms with Crippen molar-refractivity contribution in [2.45, 2.75) is 6.61 Å². The van der Waals surface area contributed by atoms with E-state index in [4.69, 9.17) is 14.2 Å². The van der Waals surface area contributed by atoms with Crippen LogP contribution in [0.4, 0.5) is 4.39 Å². The molecule has 30 heavy (non-hydrogen) atoms. The number of hydrogen-bond donors (Lipinski definition) is 1. The second kappa shape index (κ2) is 10.1. The predicted molar refractivity (Wildman–Crippen MR) is 112 cm³/mol. The molecule has 0 radical (unpaired) electrons. The van der Waals surface area contributed by atoms with Crippen LogP contribution in [-0.4, -0.2) is 26.3 Å². The molecule has 0 spiro atoms. The summed E-state index contributed by atoms with van der Waals surface area (Å²) >= 11 is 0. The van der Waals surface area contributed by atoms with Gasteiger partial charge in [0, 0.05) is 17.2 Å². The van der Waals surface area contributed by atoms with Crippen LogP contribution in [0.25, 0.3) is 0 Å². The highest BCUT2D eigenvalue weighted by molar-refractivity contribution is 5.95. The molecule has 6 nitrogen and oxygen atoms in total. The van der Waals surface area contributed by atoms with Gasteiger partial charge in [-0.2, -0.15) is 5.10 Å². The molecule has 0 aromatic heterocycles. The number of methoxy groups -OCH3 is 2. The lowest BCUT2D eigenvalue weighted by Gasteiger charge is -2.08. The fraction of sp³-hybridized carbons (Fsp3) is 0.130. The van der Waals surface area contributed by atoms with Crippen molar-refractivity contribution in [3.63, 3.8) is 0 Å². The second-order valence-electron chi connectivity index (χ2n) is 6.25. The molecule has 0 aliphatic heterocycles. The summed E-state index contributed by atoms with van der Waals surface area (Å²) in [5.41, 5.74) is 4.07. The van der Waals surface area contributed by atoms with Gasteiger partial charge in [0.25, 0.3) is 5.91 Å². The van der Waals surface area contributed by atoms with Crippen LogP contribution in [0.5, 0.6) is 17.2 Å². The summed E-state index contributed by atoms with van der Waals surface area (Å²) in [7, 11) is 3.02. The number of carbonyl (C=O) groups excluding carboxylic acids is 1. The molecule has 0 atom stereocenters. The van der Waals surface area contributed by atoms with E-state index in [0.29, 0.717) is 28.4 Å². The van der Waals surface area contributed by atoms with Crippen LogP contribution < -0.4 is 19.6 Å². The lowest BCUT2D eigenvalue weighted by Crippen LogP contribution is -2.17. The van der Waals surface area contributed by atoms with Crippen LogP contribution in [0.1, 0.15) is 21.5 Å². The van der Waals surface area contributed by atoms with Gasteiger partial charge < -0.3 is 14.2 Å². The molecule has 3 rings (SSSR count). The number of rotatable bonds is 8.